The van der Waals surface area contributed by atoms with E-state index < -0.39 is 5.97 Å². The Labute approximate surface area is 124 Å². The molecule has 2 aromatic heterocycles. The smallest absolute Gasteiger partial charge is 0.340 e. The van der Waals surface area contributed by atoms with Gasteiger partial charge in [-0.3, -0.25) is 0 Å². The summed E-state index contributed by atoms with van der Waals surface area (Å²) in [7, 11) is 3.75. The normalized spacial score (nSPS) is 11.3. The summed E-state index contributed by atoms with van der Waals surface area (Å²) in [6, 6.07) is 0. The second-order valence-corrected chi connectivity index (χ2v) is 5.30. The van der Waals surface area contributed by atoms with Crippen molar-refractivity contribution in [2.45, 2.75) is 27.3 Å². The maximum atomic E-state index is 12.2. The lowest BCUT2D eigenvalue weighted by Gasteiger charge is -2.16. The van der Waals surface area contributed by atoms with E-state index in [4.69, 9.17) is 4.74 Å². The summed E-state index contributed by atoms with van der Waals surface area (Å²) < 4.78 is 6.83. The Balaban J connectivity index is 2.73. The fraction of sp³-hybridized carbons (Fsp3) is 0.467. The third-order valence-electron chi connectivity index (χ3n) is 3.44. The highest BCUT2D eigenvalue weighted by Crippen LogP contribution is 2.29. The van der Waals surface area contributed by atoms with E-state index in [1.807, 2.05) is 32.8 Å². The fourth-order valence-electron chi connectivity index (χ4n) is 2.28. The first kappa shape index (κ1) is 15.3. The zero-order valence-corrected chi connectivity index (χ0v) is 13.1. The van der Waals surface area contributed by atoms with Gasteiger partial charge in [0, 0.05) is 24.0 Å². The zero-order chi connectivity index (χ0) is 15.7. The number of hydrogen-bond acceptors (Lipinski definition) is 5. The Hall–Kier alpha value is -2.08. The molecule has 2 aromatic rings. The van der Waals surface area contributed by atoms with Gasteiger partial charge in [-0.05, 0) is 34.9 Å². The molecule has 2 heterocycles. The first-order valence-corrected chi connectivity index (χ1v) is 6.88. The van der Waals surface area contributed by atoms with Crippen LogP contribution in [0.3, 0.4) is 0 Å². The number of aromatic hydroxyl groups is 1. The molecule has 6 nitrogen and oxygen atoms in total. The number of carbonyl (C=O) groups is 1. The minimum atomic E-state index is -0.433. The monoisotopic (exact) mass is 291 g/mol. The third-order valence-corrected chi connectivity index (χ3v) is 3.44. The fourth-order valence-corrected chi connectivity index (χ4v) is 2.28. The summed E-state index contributed by atoms with van der Waals surface area (Å²) >= 11 is 0. The molecule has 1 N–H and O–H groups in total. The molecule has 21 heavy (non-hydrogen) atoms. The molecule has 0 aromatic carbocycles. The molecule has 0 saturated carbocycles. The number of aryl methyl sites for hydroxylation is 2. The summed E-state index contributed by atoms with van der Waals surface area (Å²) in [5.41, 5.74) is 3.09. The summed E-state index contributed by atoms with van der Waals surface area (Å²) in [5, 5.41) is 10.5. The molecule has 0 aliphatic carbocycles. The first-order valence-electron chi connectivity index (χ1n) is 6.88. The summed E-state index contributed by atoms with van der Waals surface area (Å²) in [4.78, 5) is 18.4. The molecule has 0 bridgehead atoms. The second-order valence-electron chi connectivity index (χ2n) is 5.30. The average Bonchev–Trinajstić information content (AvgIpc) is 2.69. The largest absolute Gasteiger partial charge is 0.504 e. The van der Waals surface area contributed by atoms with Gasteiger partial charge in [0.1, 0.15) is 0 Å². The minimum Gasteiger partial charge on any atom is -0.504 e. The topological polar surface area (TPSA) is 67.1 Å². The van der Waals surface area contributed by atoms with Crippen molar-refractivity contribution >= 4 is 11.6 Å². The number of esters is 1. The Kier molecular flexibility index (Phi) is 4.18. The quantitative estimate of drug-likeness (QED) is 0.871. The molecular formula is C15H21N3O3. The van der Waals surface area contributed by atoms with Gasteiger partial charge < -0.3 is 19.1 Å². The number of carbonyl (C=O) groups excluding carboxylic acids is 1. The minimum absolute atomic E-state index is 0.0328. The number of aromatic nitrogens is 2. The van der Waals surface area contributed by atoms with E-state index in [2.05, 4.69) is 4.98 Å². The molecule has 0 aliphatic rings. The van der Waals surface area contributed by atoms with Gasteiger partial charge in [-0.25, -0.2) is 9.78 Å². The Bertz CT molecular complexity index is 689. The van der Waals surface area contributed by atoms with Crippen LogP contribution < -0.4 is 0 Å². The number of nitrogens with zero attached hydrogens (tertiary/aromatic N) is 3. The molecule has 2 rings (SSSR count). The molecule has 0 aliphatic heterocycles. The van der Waals surface area contributed by atoms with Crippen molar-refractivity contribution in [3.05, 3.63) is 28.7 Å². The molecule has 114 valence electrons. The van der Waals surface area contributed by atoms with Gasteiger partial charge in [0.15, 0.2) is 11.4 Å². The van der Waals surface area contributed by atoms with E-state index in [9.17, 15) is 9.90 Å². The highest BCUT2D eigenvalue weighted by Gasteiger charge is 2.22. The highest BCUT2D eigenvalue weighted by atomic mass is 16.5. The van der Waals surface area contributed by atoms with E-state index in [1.165, 1.54) is 0 Å². The van der Waals surface area contributed by atoms with E-state index in [1.54, 1.807) is 17.5 Å². The van der Waals surface area contributed by atoms with E-state index in [-0.39, 0.29) is 5.75 Å². The summed E-state index contributed by atoms with van der Waals surface area (Å²) in [6.07, 6.45) is 1.70. The van der Waals surface area contributed by atoms with Crippen LogP contribution in [0.4, 0.5) is 0 Å². The van der Waals surface area contributed by atoms with Crippen LogP contribution in [0.5, 0.6) is 5.75 Å². The lowest BCUT2D eigenvalue weighted by Crippen LogP contribution is -2.17. The predicted molar refractivity (Wildman–Crippen MR) is 79.7 cm³/mol. The Morgan fingerprint density at radius 1 is 1.43 bits per heavy atom. The van der Waals surface area contributed by atoms with Gasteiger partial charge >= 0.3 is 5.97 Å². The van der Waals surface area contributed by atoms with Crippen LogP contribution in [0.25, 0.3) is 5.65 Å². The van der Waals surface area contributed by atoms with Gasteiger partial charge in [0.05, 0.1) is 17.9 Å². The Morgan fingerprint density at radius 3 is 2.67 bits per heavy atom. The van der Waals surface area contributed by atoms with Crippen molar-refractivity contribution in [1.29, 1.82) is 0 Å². The number of ether oxygens (including phenoxy) is 1. The highest BCUT2D eigenvalue weighted by molar-refractivity contribution is 5.92. The van der Waals surface area contributed by atoms with Crippen LogP contribution in [0, 0.1) is 13.8 Å². The van der Waals surface area contributed by atoms with Crippen molar-refractivity contribution in [2.75, 3.05) is 20.7 Å². The average molecular weight is 291 g/mol. The molecule has 0 saturated heterocycles. The van der Waals surface area contributed by atoms with E-state index in [0.717, 1.165) is 11.4 Å². The van der Waals surface area contributed by atoms with Crippen molar-refractivity contribution in [1.82, 2.24) is 14.3 Å². The molecule has 6 heteroatoms. The van der Waals surface area contributed by atoms with Gasteiger partial charge in [0.2, 0.25) is 0 Å². The summed E-state index contributed by atoms with van der Waals surface area (Å²) in [5.74, 6) is -0.400. The molecule has 0 unspecified atom stereocenters. The maximum absolute atomic E-state index is 12.2. The standard InChI is InChI=1S/C15H21N3O3/c1-6-21-15(20)12-8-18-10(3)9(2)16-14(18)13(19)11(12)7-17(4)5/h8,19H,6-7H2,1-5H3. The first-order chi connectivity index (χ1) is 9.86. The number of rotatable bonds is 4. The maximum Gasteiger partial charge on any atom is 0.340 e. The van der Waals surface area contributed by atoms with Crippen molar-refractivity contribution in [3.63, 3.8) is 0 Å². The van der Waals surface area contributed by atoms with Gasteiger partial charge in [0.25, 0.3) is 0 Å². The molecule has 0 radical (unpaired) electrons. The van der Waals surface area contributed by atoms with Crippen molar-refractivity contribution in [3.8, 4) is 5.75 Å². The van der Waals surface area contributed by atoms with Crippen LogP contribution >= 0.6 is 0 Å². The van der Waals surface area contributed by atoms with Crippen LogP contribution in [0.1, 0.15) is 34.2 Å². The number of hydrogen-bond donors (Lipinski definition) is 1. The van der Waals surface area contributed by atoms with Crippen molar-refractivity contribution < 1.29 is 14.6 Å². The number of imidazole rings is 1. The van der Waals surface area contributed by atoms with Gasteiger partial charge in [-0.1, -0.05) is 0 Å². The predicted octanol–water partition coefficient (Wildman–Crippen LogP) is 1.90. The van der Waals surface area contributed by atoms with Crippen LogP contribution in [0.2, 0.25) is 0 Å². The molecule has 0 amide bonds. The Morgan fingerprint density at radius 2 is 2.10 bits per heavy atom. The molecular weight excluding hydrogens is 270 g/mol. The number of pyridine rings is 1. The van der Waals surface area contributed by atoms with Crippen molar-refractivity contribution in [2.24, 2.45) is 0 Å². The second kappa shape index (κ2) is 5.73. The molecule has 0 atom stereocenters. The molecule has 0 spiro atoms. The van der Waals surface area contributed by atoms with Gasteiger partial charge in [-0.15, -0.1) is 0 Å². The SMILES string of the molecule is CCOC(=O)c1cn2c(C)c(C)nc2c(O)c1CN(C)C. The number of fused-ring (bicyclic) bond motifs is 1. The van der Waals surface area contributed by atoms with E-state index >= 15 is 0 Å². The van der Waals surface area contributed by atoms with Gasteiger partial charge in [-0.2, -0.15) is 0 Å². The van der Waals surface area contributed by atoms with Crippen LogP contribution in [-0.4, -0.2) is 46.1 Å². The lowest BCUT2D eigenvalue weighted by molar-refractivity contribution is 0.0523. The van der Waals surface area contributed by atoms with Crippen LogP contribution in [0.15, 0.2) is 6.20 Å². The van der Waals surface area contributed by atoms with E-state index in [0.29, 0.717) is 29.9 Å². The molecule has 0 fully saturated rings. The zero-order valence-electron chi connectivity index (χ0n) is 13.1. The van der Waals surface area contributed by atoms with Crippen LogP contribution in [-0.2, 0) is 11.3 Å². The summed E-state index contributed by atoms with van der Waals surface area (Å²) in [6.45, 7) is 6.25. The lowest BCUT2D eigenvalue weighted by atomic mass is 10.1. The third kappa shape index (κ3) is 2.71.